The van der Waals surface area contributed by atoms with Crippen molar-refractivity contribution in [2.24, 2.45) is 0 Å². The topological polar surface area (TPSA) is 31.2 Å². The van der Waals surface area contributed by atoms with Crippen LogP contribution in [0.4, 0.5) is 0 Å². The largest absolute Gasteiger partial charge is 0.462 e. The van der Waals surface area contributed by atoms with Gasteiger partial charge in [0, 0.05) is 11.4 Å². The van der Waals surface area contributed by atoms with E-state index < -0.39 is 0 Å². The fourth-order valence-corrected chi connectivity index (χ4v) is 2.70. The first-order valence-corrected chi connectivity index (χ1v) is 7.72. The van der Waals surface area contributed by atoms with Gasteiger partial charge in [-0.3, -0.25) is 0 Å². The summed E-state index contributed by atoms with van der Waals surface area (Å²) in [5.41, 5.74) is 4.88. The van der Waals surface area contributed by atoms with E-state index in [0.717, 1.165) is 22.6 Å². The Bertz CT molecular complexity index is 819. The van der Waals surface area contributed by atoms with Gasteiger partial charge < -0.3 is 9.30 Å². The van der Waals surface area contributed by atoms with E-state index in [2.05, 4.69) is 35.8 Å². The lowest BCUT2D eigenvalue weighted by Crippen LogP contribution is -2.06. The van der Waals surface area contributed by atoms with Crippen molar-refractivity contribution in [1.29, 1.82) is 0 Å². The van der Waals surface area contributed by atoms with Crippen LogP contribution in [-0.2, 0) is 4.74 Å². The van der Waals surface area contributed by atoms with Gasteiger partial charge in [-0.15, -0.1) is 0 Å². The first kappa shape index (κ1) is 15.1. The number of benzene rings is 2. The molecule has 0 fully saturated rings. The Labute approximate surface area is 136 Å². The van der Waals surface area contributed by atoms with Crippen LogP contribution in [0.1, 0.15) is 23.0 Å². The van der Waals surface area contributed by atoms with Gasteiger partial charge in [0.05, 0.1) is 17.9 Å². The van der Waals surface area contributed by atoms with Gasteiger partial charge in [0.1, 0.15) is 0 Å². The van der Waals surface area contributed by atoms with Crippen LogP contribution in [0.15, 0.2) is 66.7 Å². The predicted octanol–water partition coefficient (Wildman–Crippen LogP) is 4.63. The standard InChI is InChI=1S/C20H19NO2/c1-3-23-20(22)17-10-7-11-18(14-17)21-15(2)12-13-19(21)16-8-5-4-6-9-16/h4-14H,3H2,1-2H3. The molecule has 0 radical (unpaired) electrons. The Morgan fingerprint density at radius 1 is 1.00 bits per heavy atom. The number of aromatic nitrogens is 1. The van der Waals surface area contributed by atoms with E-state index in [0.29, 0.717) is 12.2 Å². The van der Waals surface area contributed by atoms with Crippen LogP contribution in [0, 0.1) is 6.92 Å². The number of hydrogen-bond acceptors (Lipinski definition) is 2. The van der Waals surface area contributed by atoms with Gasteiger partial charge in [0.15, 0.2) is 0 Å². The number of aryl methyl sites for hydroxylation is 1. The molecule has 0 aliphatic heterocycles. The quantitative estimate of drug-likeness (QED) is 0.658. The molecule has 0 bridgehead atoms. The molecular weight excluding hydrogens is 286 g/mol. The van der Waals surface area contributed by atoms with E-state index in [1.165, 1.54) is 0 Å². The molecule has 0 aliphatic carbocycles. The molecule has 0 aliphatic rings. The predicted molar refractivity (Wildman–Crippen MR) is 91.9 cm³/mol. The third-order valence-corrected chi connectivity index (χ3v) is 3.76. The number of carbonyl (C=O) groups excluding carboxylic acids is 1. The lowest BCUT2D eigenvalue weighted by Gasteiger charge is -2.13. The maximum Gasteiger partial charge on any atom is 0.338 e. The molecule has 0 saturated heterocycles. The fraction of sp³-hybridized carbons (Fsp3) is 0.150. The number of nitrogens with zero attached hydrogens (tertiary/aromatic N) is 1. The van der Waals surface area contributed by atoms with Crippen molar-refractivity contribution >= 4 is 5.97 Å². The van der Waals surface area contributed by atoms with Gasteiger partial charge in [0.25, 0.3) is 0 Å². The Morgan fingerprint density at radius 3 is 2.52 bits per heavy atom. The highest BCUT2D eigenvalue weighted by atomic mass is 16.5. The molecule has 2 aromatic carbocycles. The summed E-state index contributed by atoms with van der Waals surface area (Å²) in [6, 6.07) is 21.9. The van der Waals surface area contributed by atoms with Crippen molar-refractivity contribution in [1.82, 2.24) is 4.57 Å². The van der Waals surface area contributed by atoms with Gasteiger partial charge in [-0.25, -0.2) is 4.79 Å². The maximum absolute atomic E-state index is 12.0. The summed E-state index contributed by atoms with van der Waals surface area (Å²) in [4.78, 5) is 12.0. The van der Waals surface area contributed by atoms with Crippen molar-refractivity contribution in [3.8, 4) is 16.9 Å². The number of rotatable bonds is 4. The van der Waals surface area contributed by atoms with Crippen LogP contribution in [-0.4, -0.2) is 17.1 Å². The first-order valence-electron chi connectivity index (χ1n) is 7.72. The van der Waals surface area contributed by atoms with Gasteiger partial charge in [-0.05, 0) is 49.7 Å². The highest BCUT2D eigenvalue weighted by Gasteiger charge is 2.12. The zero-order valence-electron chi connectivity index (χ0n) is 13.3. The summed E-state index contributed by atoms with van der Waals surface area (Å²) >= 11 is 0. The van der Waals surface area contributed by atoms with Crippen molar-refractivity contribution in [3.63, 3.8) is 0 Å². The first-order chi connectivity index (χ1) is 11.2. The minimum absolute atomic E-state index is 0.291. The van der Waals surface area contributed by atoms with Crippen LogP contribution in [0.3, 0.4) is 0 Å². The smallest absolute Gasteiger partial charge is 0.338 e. The zero-order chi connectivity index (χ0) is 16.2. The molecule has 0 amide bonds. The van der Waals surface area contributed by atoms with Crippen LogP contribution in [0.5, 0.6) is 0 Å². The van der Waals surface area contributed by atoms with E-state index in [-0.39, 0.29) is 5.97 Å². The summed E-state index contributed by atoms with van der Waals surface area (Å²) in [6.07, 6.45) is 0. The number of carbonyl (C=O) groups is 1. The molecule has 1 heterocycles. The molecule has 116 valence electrons. The second kappa shape index (κ2) is 6.53. The third-order valence-electron chi connectivity index (χ3n) is 3.76. The molecule has 0 N–H and O–H groups in total. The summed E-state index contributed by atoms with van der Waals surface area (Å²) in [6.45, 7) is 4.25. The van der Waals surface area contributed by atoms with Crippen molar-refractivity contribution in [2.75, 3.05) is 6.61 Å². The zero-order valence-corrected chi connectivity index (χ0v) is 13.3. The molecule has 3 aromatic rings. The van der Waals surface area contributed by atoms with E-state index in [1.54, 1.807) is 6.07 Å². The van der Waals surface area contributed by atoms with Gasteiger partial charge in [0.2, 0.25) is 0 Å². The number of esters is 1. The van der Waals surface area contributed by atoms with Crippen LogP contribution in [0.25, 0.3) is 16.9 Å². The van der Waals surface area contributed by atoms with Crippen molar-refractivity contribution in [2.45, 2.75) is 13.8 Å². The highest BCUT2D eigenvalue weighted by molar-refractivity contribution is 5.90. The molecule has 1 aromatic heterocycles. The van der Waals surface area contributed by atoms with E-state index in [4.69, 9.17) is 4.74 Å². The molecular formula is C20H19NO2. The monoisotopic (exact) mass is 305 g/mol. The number of ether oxygens (including phenoxy) is 1. The van der Waals surface area contributed by atoms with Crippen molar-refractivity contribution < 1.29 is 9.53 Å². The van der Waals surface area contributed by atoms with Crippen LogP contribution >= 0.6 is 0 Å². The Balaban J connectivity index is 2.08. The molecule has 0 unspecified atom stereocenters. The lowest BCUT2D eigenvalue weighted by atomic mass is 10.1. The Morgan fingerprint density at radius 2 is 1.78 bits per heavy atom. The van der Waals surface area contributed by atoms with Gasteiger partial charge in [-0.1, -0.05) is 36.4 Å². The average molecular weight is 305 g/mol. The summed E-state index contributed by atoms with van der Waals surface area (Å²) < 4.78 is 7.25. The Kier molecular flexibility index (Phi) is 4.29. The van der Waals surface area contributed by atoms with Crippen LogP contribution in [0.2, 0.25) is 0 Å². The lowest BCUT2D eigenvalue weighted by molar-refractivity contribution is 0.0526. The maximum atomic E-state index is 12.0. The molecule has 0 spiro atoms. The summed E-state index contributed by atoms with van der Waals surface area (Å²) in [7, 11) is 0. The second-order valence-corrected chi connectivity index (χ2v) is 5.33. The Hall–Kier alpha value is -2.81. The minimum Gasteiger partial charge on any atom is -0.462 e. The minimum atomic E-state index is -0.291. The SMILES string of the molecule is CCOC(=O)c1cccc(-n2c(C)ccc2-c2ccccc2)c1. The van der Waals surface area contributed by atoms with Crippen LogP contribution < -0.4 is 0 Å². The molecule has 0 saturated carbocycles. The number of hydrogen-bond donors (Lipinski definition) is 0. The summed E-state index contributed by atoms with van der Waals surface area (Å²) in [5.74, 6) is -0.291. The normalized spacial score (nSPS) is 10.5. The fourth-order valence-electron chi connectivity index (χ4n) is 2.70. The third kappa shape index (κ3) is 3.04. The van der Waals surface area contributed by atoms with E-state index >= 15 is 0 Å². The van der Waals surface area contributed by atoms with Crippen molar-refractivity contribution in [3.05, 3.63) is 78.0 Å². The highest BCUT2D eigenvalue weighted by Crippen LogP contribution is 2.26. The average Bonchev–Trinajstić information content (AvgIpc) is 2.97. The van der Waals surface area contributed by atoms with Gasteiger partial charge in [-0.2, -0.15) is 0 Å². The van der Waals surface area contributed by atoms with E-state index in [9.17, 15) is 4.79 Å². The van der Waals surface area contributed by atoms with E-state index in [1.807, 2.05) is 43.3 Å². The molecule has 3 nitrogen and oxygen atoms in total. The molecule has 3 heteroatoms. The molecule has 0 atom stereocenters. The second-order valence-electron chi connectivity index (χ2n) is 5.33. The van der Waals surface area contributed by atoms with Gasteiger partial charge >= 0.3 is 5.97 Å². The molecule has 23 heavy (non-hydrogen) atoms. The molecule has 3 rings (SSSR count). The summed E-state index contributed by atoms with van der Waals surface area (Å²) in [5, 5.41) is 0.